The smallest absolute Gasteiger partial charge is 0.250 e. The molecule has 3 aromatic carbocycles. The number of ether oxygens (including phenoxy) is 2. The van der Waals surface area contributed by atoms with Gasteiger partial charge >= 0.3 is 0 Å². The van der Waals surface area contributed by atoms with Gasteiger partial charge in [0.1, 0.15) is 5.54 Å². The molecule has 0 saturated heterocycles. The summed E-state index contributed by atoms with van der Waals surface area (Å²) in [7, 11) is 3.19. The first-order valence-electron chi connectivity index (χ1n) is 11.2. The van der Waals surface area contributed by atoms with Crippen LogP contribution in [0.15, 0.2) is 79.0 Å². The predicted molar refractivity (Wildman–Crippen MR) is 137 cm³/mol. The highest BCUT2D eigenvalue weighted by atomic mass is 35.5. The van der Waals surface area contributed by atoms with Gasteiger partial charge in [-0.15, -0.1) is 0 Å². The highest BCUT2D eigenvalue weighted by molar-refractivity contribution is 6.31. The molecule has 1 N–H and O–H groups in total. The van der Waals surface area contributed by atoms with Crippen LogP contribution >= 0.6 is 11.6 Å². The van der Waals surface area contributed by atoms with Gasteiger partial charge in [0.25, 0.3) is 0 Å². The Labute approximate surface area is 210 Å². The number of hydrogen-bond donors (Lipinski definition) is 1. The van der Waals surface area contributed by atoms with Gasteiger partial charge in [0, 0.05) is 22.7 Å². The molecule has 1 aliphatic rings. The van der Waals surface area contributed by atoms with E-state index < -0.39 is 5.54 Å². The molecule has 1 atom stereocenters. The molecule has 0 fully saturated rings. The fourth-order valence-corrected chi connectivity index (χ4v) is 4.30. The molecular formula is C28H27ClN2O4. The third-order valence-electron chi connectivity index (χ3n) is 6.24. The number of anilines is 1. The lowest BCUT2D eigenvalue weighted by Gasteiger charge is -2.35. The summed E-state index contributed by atoms with van der Waals surface area (Å²) in [6.07, 6.45) is 4.42. The van der Waals surface area contributed by atoms with E-state index in [-0.39, 0.29) is 11.7 Å². The molecule has 0 saturated carbocycles. The molecule has 0 radical (unpaired) electrons. The van der Waals surface area contributed by atoms with Crippen LogP contribution in [0, 0.1) is 0 Å². The third kappa shape index (κ3) is 5.03. The van der Waals surface area contributed by atoms with Crippen molar-refractivity contribution in [1.29, 1.82) is 0 Å². The number of carbonyl (C=O) groups excluding carboxylic acids is 2. The second-order valence-electron chi connectivity index (χ2n) is 8.52. The Kier molecular flexibility index (Phi) is 7.12. The zero-order valence-electron chi connectivity index (χ0n) is 19.9. The zero-order valence-corrected chi connectivity index (χ0v) is 20.6. The molecule has 35 heavy (non-hydrogen) atoms. The average Bonchev–Trinajstić information content (AvgIpc) is 3.26. The molecule has 1 heterocycles. The summed E-state index contributed by atoms with van der Waals surface area (Å²) in [6, 6.07) is 19.5. The van der Waals surface area contributed by atoms with Crippen LogP contribution < -0.4 is 14.8 Å². The largest absolute Gasteiger partial charge is 0.493 e. The third-order valence-corrected chi connectivity index (χ3v) is 6.47. The summed E-state index contributed by atoms with van der Waals surface area (Å²) < 4.78 is 10.7. The number of benzene rings is 3. The van der Waals surface area contributed by atoms with Crippen LogP contribution in [0.4, 0.5) is 5.69 Å². The minimum absolute atomic E-state index is 0.208. The first kappa shape index (κ1) is 24.4. The Hall–Kier alpha value is -3.77. The number of methoxy groups -OCH3 is 2. The van der Waals surface area contributed by atoms with Gasteiger partial charge in [-0.2, -0.15) is 0 Å². The SMILES string of the molecule is COc1ccc(CN2C=CC[C@]2(C)C(=O)Nc2ccc(Cl)cc2C(=O)c2ccccc2)cc1OC. The number of nitrogens with one attached hydrogen (secondary N) is 1. The summed E-state index contributed by atoms with van der Waals surface area (Å²) in [6.45, 7) is 2.38. The van der Waals surface area contributed by atoms with E-state index in [9.17, 15) is 9.59 Å². The Bertz CT molecular complexity index is 1280. The first-order valence-corrected chi connectivity index (χ1v) is 11.6. The van der Waals surface area contributed by atoms with E-state index in [0.29, 0.717) is 46.3 Å². The maximum absolute atomic E-state index is 13.6. The van der Waals surface area contributed by atoms with Gasteiger partial charge in [-0.05, 0) is 55.4 Å². The van der Waals surface area contributed by atoms with Crippen molar-refractivity contribution in [2.45, 2.75) is 25.4 Å². The lowest BCUT2D eigenvalue weighted by Crippen LogP contribution is -2.49. The van der Waals surface area contributed by atoms with E-state index in [4.69, 9.17) is 21.1 Å². The molecule has 0 bridgehead atoms. The Balaban J connectivity index is 1.57. The van der Waals surface area contributed by atoms with E-state index in [1.807, 2.05) is 48.4 Å². The molecule has 7 heteroatoms. The normalized spacial score (nSPS) is 16.7. The number of rotatable bonds is 8. The lowest BCUT2D eigenvalue weighted by atomic mass is 9.95. The van der Waals surface area contributed by atoms with Gasteiger partial charge in [-0.1, -0.05) is 54.1 Å². The minimum Gasteiger partial charge on any atom is -0.493 e. The maximum atomic E-state index is 13.6. The van der Waals surface area contributed by atoms with Crippen molar-refractivity contribution in [3.8, 4) is 11.5 Å². The van der Waals surface area contributed by atoms with Gasteiger partial charge in [-0.3, -0.25) is 9.59 Å². The predicted octanol–water partition coefficient (Wildman–Crippen LogP) is 5.71. The van der Waals surface area contributed by atoms with Crippen molar-refractivity contribution < 1.29 is 19.1 Å². The second kappa shape index (κ2) is 10.2. The molecule has 0 unspecified atom stereocenters. The second-order valence-corrected chi connectivity index (χ2v) is 8.96. The Morgan fingerprint density at radius 2 is 1.74 bits per heavy atom. The summed E-state index contributed by atoms with van der Waals surface area (Å²) in [5, 5.41) is 3.40. The van der Waals surface area contributed by atoms with Crippen LogP contribution in [-0.4, -0.2) is 36.3 Å². The van der Waals surface area contributed by atoms with Gasteiger partial charge in [0.05, 0.1) is 19.9 Å². The van der Waals surface area contributed by atoms with Crippen molar-refractivity contribution in [3.63, 3.8) is 0 Å². The van der Waals surface area contributed by atoms with E-state index in [1.165, 1.54) is 0 Å². The Morgan fingerprint density at radius 3 is 2.46 bits per heavy atom. The van der Waals surface area contributed by atoms with E-state index in [1.54, 1.807) is 56.7 Å². The summed E-state index contributed by atoms with van der Waals surface area (Å²) in [5.74, 6) is 0.851. The molecule has 3 aromatic rings. The van der Waals surface area contributed by atoms with Crippen molar-refractivity contribution >= 4 is 29.0 Å². The number of ketones is 1. The van der Waals surface area contributed by atoms with Gasteiger partial charge < -0.3 is 19.7 Å². The van der Waals surface area contributed by atoms with Crippen LogP contribution in [0.3, 0.4) is 0 Å². The number of hydrogen-bond acceptors (Lipinski definition) is 5. The van der Waals surface area contributed by atoms with E-state index in [2.05, 4.69) is 5.32 Å². The highest BCUT2D eigenvalue weighted by Crippen LogP contribution is 2.34. The fourth-order valence-electron chi connectivity index (χ4n) is 4.13. The fraction of sp³-hybridized carbons (Fsp3) is 0.214. The number of amides is 1. The monoisotopic (exact) mass is 490 g/mol. The molecule has 180 valence electrons. The van der Waals surface area contributed by atoms with E-state index in [0.717, 1.165) is 5.56 Å². The molecule has 6 nitrogen and oxygen atoms in total. The molecule has 0 aliphatic carbocycles. The summed E-state index contributed by atoms with van der Waals surface area (Å²) in [5.41, 5.74) is 1.42. The molecule has 1 amide bonds. The molecule has 1 aliphatic heterocycles. The summed E-state index contributed by atoms with van der Waals surface area (Å²) >= 11 is 6.20. The van der Waals surface area contributed by atoms with Crippen LogP contribution in [0.2, 0.25) is 5.02 Å². The average molecular weight is 491 g/mol. The van der Waals surface area contributed by atoms with E-state index >= 15 is 0 Å². The number of halogens is 1. The van der Waals surface area contributed by atoms with Gasteiger partial charge in [-0.25, -0.2) is 0 Å². The molecule has 0 aromatic heterocycles. The maximum Gasteiger partial charge on any atom is 0.250 e. The lowest BCUT2D eigenvalue weighted by molar-refractivity contribution is -0.125. The number of nitrogens with zero attached hydrogens (tertiary/aromatic N) is 1. The molecule has 4 rings (SSSR count). The first-order chi connectivity index (χ1) is 16.9. The number of carbonyl (C=O) groups is 2. The van der Waals surface area contributed by atoms with Crippen molar-refractivity contribution in [1.82, 2.24) is 4.90 Å². The van der Waals surface area contributed by atoms with Crippen LogP contribution in [0.25, 0.3) is 0 Å². The van der Waals surface area contributed by atoms with Crippen molar-refractivity contribution in [2.75, 3.05) is 19.5 Å². The van der Waals surface area contributed by atoms with Crippen molar-refractivity contribution in [3.05, 3.63) is 101 Å². The zero-order chi connectivity index (χ0) is 25.0. The van der Waals surface area contributed by atoms with Gasteiger partial charge in [0.15, 0.2) is 17.3 Å². The van der Waals surface area contributed by atoms with Crippen LogP contribution in [-0.2, 0) is 11.3 Å². The van der Waals surface area contributed by atoms with Crippen LogP contribution in [0.1, 0.15) is 34.8 Å². The Morgan fingerprint density at radius 1 is 1.00 bits per heavy atom. The standard InChI is InChI=1S/C28H27ClN2O4/c1-28(14-7-15-31(28)18-19-10-13-24(34-2)25(16-19)35-3)27(33)30-23-12-11-21(29)17-22(23)26(32)20-8-5-4-6-9-20/h4-13,15-17H,14,18H2,1-3H3,(H,30,33)/t28-/m1/s1. The van der Waals surface area contributed by atoms with Crippen molar-refractivity contribution in [2.24, 2.45) is 0 Å². The molecule has 0 spiro atoms. The van der Waals surface area contributed by atoms with Gasteiger partial charge in [0.2, 0.25) is 5.91 Å². The quantitative estimate of drug-likeness (QED) is 0.410. The summed E-state index contributed by atoms with van der Waals surface area (Å²) in [4.78, 5) is 28.7. The topological polar surface area (TPSA) is 67.9 Å². The minimum atomic E-state index is -0.847. The van der Waals surface area contributed by atoms with Crippen LogP contribution in [0.5, 0.6) is 11.5 Å². The highest BCUT2D eigenvalue weighted by Gasteiger charge is 2.40. The molecular weight excluding hydrogens is 464 g/mol.